The van der Waals surface area contributed by atoms with Gasteiger partial charge in [-0.15, -0.1) is 0 Å². The summed E-state index contributed by atoms with van der Waals surface area (Å²) in [7, 11) is 0. The van der Waals surface area contributed by atoms with Gasteiger partial charge in [-0.2, -0.15) is 4.99 Å². The second-order valence-electron chi connectivity index (χ2n) is 5.08. The van der Waals surface area contributed by atoms with Crippen LogP contribution in [-0.2, 0) is 6.54 Å². The molecule has 2 aromatic carbocycles. The summed E-state index contributed by atoms with van der Waals surface area (Å²) < 4.78 is 3.97. The van der Waals surface area contributed by atoms with E-state index in [1.165, 1.54) is 11.3 Å². The van der Waals surface area contributed by atoms with Crippen LogP contribution in [0.15, 0.2) is 51.9 Å². The van der Waals surface area contributed by atoms with Crippen LogP contribution in [0.1, 0.15) is 23.7 Å². The zero-order chi connectivity index (χ0) is 16.4. The Labute approximate surface area is 151 Å². The van der Waals surface area contributed by atoms with Crippen LogP contribution >= 0.6 is 38.9 Å². The summed E-state index contributed by atoms with van der Waals surface area (Å²) in [6, 6.07) is 13.0. The van der Waals surface area contributed by atoms with Gasteiger partial charge in [0.05, 0.1) is 10.2 Å². The molecule has 23 heavy (non-hydrogen) atoms. The summed E-state index contributed by atoms with van der Waals surface area (Å²) in [4.78, 5) is 17.5. The Morgan fingerprint density at radius 2 is 2.13 bits per heavy atom. The molecule has 0 aliphatic rings. The summed E-state index contributed by atoms with van der Waals surface area (Å²) >= 11 is 10.9. The molecule has 1 heterocycles. The van der Waals surface area contributed by atoms with E-state index in [1.807, 2.05) is 30.3 Å². The Morgan fingerprint density at radius 1 is 1.30 bits per heavy atom. The van der Waals surface area contributed by atoms with Crippen LogP contribution < -0.4 is 4.80 Å². The van der Waals surface area contributed by atoms with Gasteiger partial charge >= 0.3 is 0 Å². The summed E-state index contributed by atoms with van der Waals surface area (Å²) in [6.45, 7) is 2.92. The zero-order valence-electron chi connectivity index (χ0n) is 12.4. The van der Waals surface area contributed by atoms with Crippen molar-refractivity contribution in [3.05, 3.63) is 62.3 Å². The second-order valence-corrected chi connectivity index (χ2v) is 7.44. The van der Waals surface area contributed by atoms with Crippen molar-refractivity contribution in [3.63, 3.8) is 0 Å². The molecule has 1 aromatic heterocycles. The highest BCUT2D eigenvalue weighted by atomic mass is 79.9. The molecule has 0 spiro atoms. The summed E-state index contributed by atoms with van der Waals surface area (Å²) in [6.07, 6.45) is 0.965. The number of fused-ring (bicyclic) bond motifs is 1. The summed E-state index contributed by atoms with van der Waals surface area (Å²) in [5, 5.41) is 0.687. The molecule has 0 saturated heterocycles. The van der Waals surface area contributed by atoms with Crippen molar-refractivity contribution < 1.29 is 4.79 Å². The molecular formula is C17H14BrClN2OS. The van der Waals surface area contributed by atoms with Gasteiger partial charge in [0.25, 0.3) is 5.91 Å². The van der Waals surface area contributed by atoms with Crippen LogP contribution in [0, 0.1) is 0 Å². The number of amides is 1. The average Bonchev–Trinajstić information content (AvgIpc) is 2.84. The van der Waals surface area contributed by atoms with Crippen LogP contribution in [0.25, 0.3) is 10.2 Å². The maximum absolute atomic E-state index is 12.4. The zero-order valence-corrected chi connectivity index (χ0v) is 15.6. The number of hydrogen-bond donors (Lipinski definition) is 0. The molecule has 0 N–H and O–H groups in total. The summed E-state index contributed by atoms with van der Waals surface area (Å²) in [5.41, 5.74) is 1.62. The van der Waals surface area contributed by atoms with E-state index in [-0.39, 0.29) is 5.91 Å². The number of nitrogens with zero attached hydrogens (tertiary/aromatic N) is 2. The average molecular weight is 410 g/mol. The predicted molar refractivity (Wildman–Crippen MR) is 99.2 cm³/mol. The maximum Gasteiger partial charge on any atom is 0.279 e. The molecule has 0 unspecified atom stereocenters. The fraction of sp³-hybridized carbons (Fsp3) is 0.176. The van der Waals surface area contributed by atoms with Gasteiger partial charge in [-0.3, -0.25) is 4.79 Å². The van der Waals surface area contributed by atoms with Crippen molar-refractivity contribution in [1.82, 2.24) is 4.57 Å². The lowest BCUT2D eigenvalue weighted by Crippen LogP contribution is -2.16. The fourth-order valence-electron chi connectivity index (χ4n) is 2.34. The second kappa shape index (κ2) is 6.99. The minimum Gasteiger partial charge on any atom is -0.316 e. The third-order valence-corrected chi connectivity index (χ3v) is 5.13. The Bertz CT molecular complexity index is 945. The van der Waals surface area contributed by atoms with Crippen LogP contribution in [0.3, 0.4) is 0 Å². The van der Waals surface area contributed by atoms with Gasteiger partial charge in [0.1, 0.15) is 0 Å². The molecule has 1 amide bonds. The van der Waals surface area contributed by atoms with E-state index in [9.17, 15) is 4.79 Å². The molecule has 3 rings (SSSR count). The molecule has 0 aliphatic carbocycles. The van der Waals surface area contributed by atoms with E-state index in [1.54, 1.807) is 12.1 Å². The first-order valence-corrected chi connectivity index (χ1v) is 9.20. The van der Waals surface area contributed by atoms with Crippen LogP contribution in [0.5, 0.6) is 0 Å². The topological polar surface area (TPSA) is 34.4 Å². The Balaban J connectivity index is 2.14. The van der Waals surface area contributed by atoms with Crippen LogP contribution in [0.2, 0.25) is 5.02 Å². The minimum absolute atomic E-state index is 0.242. The number of carbonyl (C=O) groups is 1. The number of thiazole rings is 1. The number of carbonyl (C=O) groups excluding carboxylic acids is 1. The molecule has 3 nitrogen and oxygen atoms in total. The van der Waals surface area contributed by atoms with Gasteiger partial charge in [0.15, 0.2) is 4.80 Å². The highest BCUT2D eigenvalue weighted by Gasteiger charge is 2.09. The highest BCUT2D eigenvalue weighted by molar-refractivity contribution is 9.10. The van der Waals surface area contributed by atoms with Crippen molar-refractivity contribution in [3.8, 4) is 0 Å². The normalized spacial score (nSPS) is 12.0. The number of hydrogen-bond acceptors (Lipinski definition) is 2. The van der Waals surface area contributed by atoms with E-state index >= 15 is 0 Å². The van der Waals surface area contributed by atoms with Crippen molar-refractivity contribution in [2.75, 3.05) is 0 Å². The molecule has 0 saturated carbocycles. The van der Waals surface area contributed by atoms with E-state index in [2.05, 4.69) is 32.4 Å². The maximum atomic E-state index is 12.4. The highest BCUT2D eigenvalue weighted by Crippen LogP contribution is 2.22. The molecule has 0 bridgehead atoms. The van der Waals surface area contributed by atoms with Gasteiger partial charge in [-0.1, -0.05) is 51.9 Å². The van der Waals surface area contributed by atoms with Gasteiger partial charge in [-0.05, 0) is 42.8 Å². The lowest BCUT2D eigenvalue weighted by molar-refractivity contribution is 0.0997. The smallest absolute Gasteiger partial charge is 0.279 e. The number of benzene rings is 2. The number of aromatic nitrogens is 1. The molecule has 0 aliphatic heterocycles. The van der Waals surface area contributed by atoms with Crippen molar-refractivity contribution in [2.24, 2.45) is 4.99 Å². The van der Waals surface area contributed by atoms with Crippen LogP contribution in [-0.4, -0.2) is 10.5 Å². The van der Waals surface area contributed by atoms with Crippen LogP contribution in [0.4, 0.5) is 0 Å². The predicted octanol–water partition coefficient (Wildman–Crippen LogP) is 5.27. The lowest BCUT2D eigenvalue weighted by Gasteiger charge is -2.02. The Kier molecular flexibility index (Phi) is 4.99. The monoisotopic (exact) mass is 408 g/mol. The largest absolute Gasteiger partial charge is 0.316 e. The number of aryl methyl sites for hydroxylation is 1. The van der Waals surface area contributed by atoms with E-state index < -0.39 is 0 Å². The van der Waals surface area contributed by atoms with Gasteiger partial charge in [0, 0.05) is 21.6 Å². The molecule has 0 fully saturated rings. The lowest BCUT2D eigenvalue weighted by atomic mass is 10.2. The SMILES string of the molecule is CCCn1c(=NC(=O)c2cccc(Br)c2)sc2cc(Cl)ccc21. The summed E-state index contributed by atoms with van der Waals surface area (Å²) in [5.74, 6) is -0.242. The molecule has 0 radical (unpaired) electrons. The van der Waals surface area contributed by atoms with Gasteiger partial charge < -0.3 is 4.57 Å². The minimum atomic E-state index is -0.242. The Morgan fingerprint density at radius 3 is 2.87 bits per heavy atom. The van der Waals surface area contributed by atoms with Crippen molar-refractivity contribution in [2.45, 2.75) is 19.9 Å². The van der Waals surface area contributed by atoms with Crippen molar-refractivity contribution in [1.29, 1.82) is 0 Å². The van der Waals surface area contributed by atoms with Crippen molar-refractivity contribution >= 4 is 55.0 Å². The molecule has 6 heteroatoms. The first-order valence-electron chi connectivity index (χ1n) is 7.22. The molecule has 0 atom stereocenters. The standard InChI is InChI=1S/C17H14BrClN2OS/c1-2-8-21-14-7-6-13(19)10-15(14)23-17(21)20-16(22)11-4-3-5-12(18)9-11/h3-7,9-10H,2,8H2,1H3. The molecule has 118 valence electrons. The third kappa shape index (κ3) is 3.57. The quantitative estimate of drug-likeness (QED) is 0.580. The number of rotatable bonds is 3. The van der Waals surface area contributed by atoms with Gasteiger partial charge in [0.2, 0.25) is 0 Å². The molecular weight excluding hydrogens is 396 g/mol. The van der Waals surface area contributed by atoms with Gasteiger partial charge in [-0.25, -0.2) is 0 Å². The number of halogens is 2. The third-order valence-electron chi connectivity index (χ3n) is 3.36. The Hall–Kier alpha value is -1.43. The molecule has 3 aromatic rings. The first kappa shape index (κ1) is 16.4. The fourth-order valence-corrected chi connectivity index (χ4v) is 4.07. The first-order chi connectivity index (χ1) is 11.1. The van der Waals surface area contributed by atoms with E-state index in [4.69, 9.17) is 11.6 Å². The van der Waals surface area contributed by atoms with E-state index in [0.717, 1.165) is 27.7 Å². The van der Waals surface area contributed by atoms with E-state index in [0.29, 0.717) is 15.4 Å².